The van der Waals surface area contributed by atoms with E-state index in [0.29, 0.717) is 11.8 Å². The highest BCUT2D eigenvalue weighted by molar-refractivity contribution is 5.89. The Labute approximate surface area is 124 Å². The minimum Gasteiger partial charge on any atom is -0.326 e. The summed E-state index contributed by atoms with van der Waals surface area (Å²) in [4.78, 5) is 15.0. The molecule has 0 aromatic rings. The lowest BCUT2D eigenvalue weighted by molar-refractivity contribution is -0.133. The summed E-state index contributed by atoms with van der Waals surface area (Å²) in [7, 11) is 0. The Kier molecular flexibility index (Phi) is 5.11. The van der Waals surface area contributed by atoms with E-state index in [1.807, 2.05) is 0 Å². The van der Waals surface area contributed by atoms with Crippen LogP contribution in [-0.2, 0) is 4.79 Å². The summed E-state index contributed by atoms with van der Waals surface area (Å²) in [5.41, 5.74) is -0.197. The van der Waals surface area contributed by atoms with Crippen LogP contribution in [0.2, 0.25) is 0 Å². The minimum absolute atomic E-state index is 0.197. The van der Waals surface area contributed by atoms with Crippen molar-refractivity contribution in [1.82, 2.24) is 10.2 Å². The van der Waals surface area contributed by atoms with Gasteiger partial charge in [-0.05, 0) is 43.9 Å². The van der Waals surface area contributed by atoms with Crippen LogP contribution in [0.5, 0.6) is 0 Å². The molecule has 1 spiro atoms. The summed E-state index contributed by atoms with van der Waals surface area (Å²) < 4.78 is 0. The van der Waals surface area contributed by atoms with E-state index in [1.165, 1.54) is 19.3 Å². The van der Waals surface area contributed by atoms with Gasteiger partial charge in [-0.1, -0.05) is 40.5 Å². The molecule has 2 fully saturated rings. The van der Waals surface area contributed by atoms with E-state index in [4.69, 9.17) is 0 Å². The topological polar surface area (TPSA) is 32.3 Å². The van der Waals surface area contributed by atoms with Gasteiger partial charge in [-0.3, -0.25) is 10.1 Å². The van der Waals surface area contributed by atoms with Gasteiger partial charge in [-0.25, -0.2) is 0 Å². The molecule has 1 aliphatic heterocycles. The third kappa shape index (κ3) is 3.36. The highest BCUT2D eigenvalue weighted by Gasteiger charge is 2.51. The largest absolute Gasteiger partial charge is 0.326 e. The van der Waals surface area contributed by atoms with Gasteiger partial charge >= 0.3 is 0 Å². The zero-order valence-electron chi connectivity index (χ0n) is 13.7. The fraction of sp³-hybridized carbons (Fsp3) is 0.941. The van der Waals surface area contributed by atoms with Crippen molar-refractivity contribution < 1.29 is 4.79 Å². The minimum atomic E-state index is -0.197. The third-order valence-electron chi connectivity index (χ3n) is 4.82. The molecular formula is C17H32N2O. The van der Waals surface area contributed by atoms with E-state index in [9.17, 15) is 4.79 Å². The molecule has 0 bridgehead atoms. The van der Waals surface area contributed by atoms with Gasteiger partial charge in [-0.2, -0.15) is 0 Å². The first-order valence-electron chi connectivity index (χ1n) is 8.53. The molecule has 1 saturated carbocycles. The molecule has 1 aliphatic carbocycles. The maximum absolute atomic E-state index is 12.9. The average Bonchev–Trinajstić information content (AvgIpc) is 2.90. The molecule has 3 heteroatoms. The van der Waals surface area contributed by atoms with Gasteiger partial charge in [0.15, 0.2) is 0 Å². The number of carbonyl (C=O) groups is 1. The second kappa shape index (κ2) is 6.46. The fourth-order valence-corrected chi connectivity index (χ4v) is 3.77. The standard InChI is InChI=1S/C17H32N2O/c1-13(2)8-7-11-19-15(12-14(3)4)18-17(16(19)20)9-5-6-10-17/h13-15,18H,5-12H2,1-4H3. The second-order valence-corrected chi connectivity index (χ2v) is 7.61. The van der Waals surface area contributed by atoms with E-state index in [-0.39, 0.29) is 11.7 Å². The summed E-state index contributed by atoms with van der Waals surface area (Å²) in [6, 6.07) is 0. The van der Waals surface area contributed by atoms with Crippen LogP contribution in [0, 0.1) is 11.8 Å². The highest BCUT2D eigenvalue weighted by Crippen LogP contribution is 2.37. The number of nitrogens with one attached hydrogen (secondary N) is 1. The molecule has 1 saturated heterocycles. The van der Waals surface area contributed by atoms with Gasteiger partial charge in [0.2, 0.25) is 5.91 Å². The van der Waals surface area contributed by atoms with Crippen molar-refractivity contribution in [1.29, 1.82) is 0 Å². The molecule has 2 aliphatic rings. The number of nitrogens with zero attached hydrogens (tertiary/aromatic N) is 1. The van der Waals surface area contributed by atoms with E-state index in [0.717, 1.165) is 38.1 Å². The summed E-state index contributed by atoms with van der Waals surface area (Å²) >= 11 is 0. The van der Waals surface area contributed by atoms with Gasteiger partial charge in [-0.15, -0.1) is 0 Å². The number of rotatable bonds is 6. The van der Waals surface area contributed by atoms with Crippen molar-refractivity contribution in [2.45, 2.75) is 84.3 Å². The van der Waals surface area contributed by atoms with Crippen molar-refractivity contribution in [3.63, 3.8) is 0 Å². The van der Waals surface area contributed by atoms with E-state index >= 15 is 0 Å². The molecule has 2 rings (SSSR count). The van der Waals surface area contributed by atoms with Gasteiger partial charge < -0.3 is 4.90 Å². The molecule has 3 nitrogen and oxygen atoms in total. The third-order valence-corrected chi connectivity index (χ3v) is 4.82. The highest BCUT2D eigenvalue weighted by atomic mass is 16.2. The lowest BCUT2D eigenvalue weighted by Gasteiger charge is -2.25. The molecule has 1 unspecified atom stereocenters. The Balaban J connectivity index is 2.02. The lowest BCUT2D eigenvalue weighted by Crippen LogP contribution is -2.44. The molecule has 20 heavy (non-hydrogen) atoms. The fourth-order valence-electron chi connectivity index (χ4n) is 3.77. The van der Waals surface area contributed by atoms with E-state index in [2.05, 4.69) is 37.9 Å². The smallest absolute Gasteiger partial charge is 0.244 e. The Morgan fingerprint density at radius 1 is 1.20 bits per heavy atom. The average molecular weight is 280 g/mol. The van der Waals surface area contributed by atoms with Crippen LogP contribution in [-0.4, -0.2) is 29.1 Å². The molecule has 0 aromatic carbocycles. The van der Waals surface area contributed by atoms with Crippen LogP contribution in [0.25, 0.3) is 0 Å². The summed E-state index contributed by atoms with van der Waals surface area (Å²) in [6.45, 7) is 9.95. The normalized spacial score (nSPS) is 25.6. The Hall–Kier alpha value is -0.570. The molecule has 0 aromatic heterocycles. The molecular weight excluding hydrogens is 248 g/mol. The summed E-state index contributed by atoms with van der Waals surface area (Å²) in [5, 5.41) is 3.71. The van der Waals surface area contributed by atoms with Crippen LogP contribution in [0.1, 0.15) is 72.6 Å². The zero-order valence-corrected chi connectivity index (χ0v) is 13.7. The maximum Gasteiger partial charge on any atom is 0.244 e. The predicted molar refractivity (Wildman–Crippen MR) is 83.4 cm³/mol. The summed E-state index contributed by atoms with van der Waals surface area (Å²) in [5.74, 6) is 1.75. The van der Waals surface area contributed by atoms with E-state index in [1.54, 1.807) is 0 Å². The van der Waals surface area contributed by atoms with Crippen molar-refractivity contribution in [3.8, 4) is 0 Å². The monoisotopic (exact) mass is 280 g/mol. The van der Waals surface area contributed by atoms with Crippen LogP contribution < -0.4 is 5.32 Å². The van der Waals surface area contributed by atoms with Gasteiger partial charge in [0, 0.05) is 6.54 Å². The Morgan fingerprint density at radius 2 is 1.85 bits per heavy atom. The quantitative estimate of drug-likeness (QED) is 0.807. The first-order chi connectivity index (χ1) is 9.44. The maximum atomic E-state index is 12.9. The Morgan fingerprint density at radius 3 is 2.40 bits per heavy atom. The molecule has 1 N–H and O–H groups in total. The summed E-state index contributed by atoms with van der Waals surface area (Å²) in [6.07, 6.45) is 8.19. The van der Waals surface area contributed by atoms with Gasteiger partial charge in [0.05, 0.1) is 11.7 Å². The number of hydrogen-bond donors (Lipinski definition) is 1. The van der Waals surface area contributed by atoms with Crippen LogP contribution in [0.3, 0.4) is 0 Å². The molecule has 0 radical (unpaired) electrons. The predicted octanol–water partition coefficient (Wildman–Crippen LogP) is 3.54. The second-order valence-electron chi connectivity index (χ2n) is 7.61. The first-order valence-corrected chi connectivity index (χ1v) is 8.53. The molecule has 1 heterocycles. The van der Waals surface area contributed by atoms with E-state index < -0.39 is 0 Å². The van der Waals surface area contributed by atoms with Crippen molar-refractivity contribution in [3.05, 3.63) is 0 Å². The molecule has 1 amide bonds. The van der Waals surface area contributed by atoms with Crippen molar-refractivity contribution >= 4 is 5.91 Å². The van der Waals surface area contributed by atoms with Crippen molar-refractivity contribution in [2.24, 2.45) is 11.8 Å². The van der Waals surface area contributed by atoms with Crippen molar-refractivity contribution in [2.75, 3.05) is 6.54 Å². The number of amides is 1. The first kappa shape index (κ1) is 15.8. The zero-order chi connectivity index (χ0) is 14.8. The molecule has 1 atom stereocenters. The van der Waals surface area contributed by atoms with Gasteiger partial charge in [0.25, 0.3) is 0 Å². The van der Waals surface area contributed by atoms with Crippen LogP contribution >= 0.6 is 0 Å². The molecule has 116 valence electrons. The van der Waals surface area contributed by atoms with Crippen LogP contribution in [0.4, 0.5) is 0 Å². The van der Waals surface area contributed by atoms with Gasteiger partial charge in [0.1, 0.15) is 0 Å². The number of hydrogen-bond acceptors (Lipinski definition) is 2. The SMILES string of the molecule is CC(C)CCCN1C(=O)C2(CCCC2)NC1CC(C)C. The van der Waals surface area contributed by atoms with Crippen LogP contribution in [0.15, 0.2) is 0 Å². The lowest BCUT2D eigenvalue weighted by atomic mass is 9.98. The Bertz CT molecular complexity index is 332. The number of carbonyl (C=O) groups excluding carboxylic acids is 1.